The number of amides is 3. The van der Waals surface area contributed by atoms with Gasteiger partial charge in [-0.15, -0.1) is 35.3 Å². The summed E-state index contributed by atoms with van der Waals surface area (Å²) in [7, 11) is 10.8. The summed E-state index contributed by atoms with van der Waals surface area (Å²) in [6, 6.07) is 74.9. The molecule has 8 aromatic rings. The number of carboxylic acids is 6. The molecular formula is C106H148N5NaO15S15. The number of aromatic nitrogens is 2. The molecule has 0 aliphatic rings. The van der Waals surface area contributed by atoms with Gasteiger partial charge in [-0.25, -0.2) is 9.97 Å². The van der Waals surface area contributed by atoms with Gasteiger partial charge >= 0.3 is 65.4 Å². The molecule has 3 amide bonds. The Hall–Kier alpha value is -4.90. The van der Waals surface area contributed by atoms with Crippen LogP contribution in [-0.2, 0) is 60.4 Å². The zero-order valence-corrected chi connectivity index (χ0v) is 96.4. The second kappa shape index (κ2) is 93.4. The quantitative estimate of drug-likeness (QED) is 0.00740. The van der Waals surface area contributed by atoms with Gasteiger partial charge in [0, 0.05) is 138 Å². The Labute approximate surface area is 930 Å². The fraction of sp³-hybridized carbons (Fsp3) is 0.481. The standard InChI is InChI=1S/C21H26O2S3.C21H26O2S2.C18H22N2O2S4.C18H27NO3S2.C16H24O2S2.C12H22N2O4S2.Na.H/c22-21(23)14-8-7-11-19(24-17-18-9-3-1-4-10-18)15-16-25-26-20-12-5-2-6-13-20;22-21(23)14-8-7-13-20(25-19-11-5-2-6-12-19)15-16-24-17-18-9-3-1-4-10-18;21-18(22)10-2-1-7-15(24-26-17-9-4-6-13-20-17)11-14-23-25-16-8-3-5-12-19-16;19-17(20)11-13-24-16(8-4-5-9-18(21)22)10-12-23-14-15-6-2-1-3-7-15;1-2-19-15(10-6-7-11-16(17)18)12-13-20-14-8-4-3-5-9-14;13-10(15)7-19-6-5-9(20-8-11(14)16)3-1-2-4-12(17)18;;/h1-6,9-10,12-13,19H,7-8,11,14-17H2,(H,22,23);1-6,9-12,20H,7-8,13-17H2,(H,22,23);3-6,8-9,12-13,15H,1-2,7,10-11,14H2,(H,21,22);1-3,6-7,16H,4-5,8-14H2,(H2,19,20)(H,21,22);3-5,8-9,15H,2,6-7,10-13H2,1H3,(H,17,18);9H,1-8H2,(H2,13,15)(H2,14,16)(H,17,18);;/q;;;;;;+1;-1. The van der Waals surface area contributed by atoms with Crippen LogP contribution in [0.25, 0.3) is 0 Å². The number of hydrogen-bond acceptors (Lipinski definition) is 26. The van der Waals surface area contributed by atoms with Gasteiger partial charge in [-0.05, 0) is 243 Å². The van der Waals surface area contributed by atoms with E-state index < -0.39 is 35.8 Å². The normalized spacial score (nSPS) is 12.0. The molecule has 0 aliphatic carbocycles. The number of nitrogens with two attached hydrogens (primary N) is 3. The largest absolute Gasteiger partial charge is 1.00 e. The number of unbranched alkanes of at least 4 members (excludes halogenated alkanes) is 6. The summed E-state index contributed by atoms with van der Waals surface area (Å²) < 4.78 is 0. The van der Waals surface area contributed by atoms with E-state index in [1.807, 2.05) is 187 Å². The third-order valence-corrected chi connectivity index (χ3v) is 38.9. The summed E-state index contributed by atoms with van der Waals surface area (Å²) in [4.78, 5) is 108. The molecule has 36 heteroatoms. The molecule has 142 heavy (non-hydrogen) atoms. The molecule has 0 aliphatic heterocycles. The molecule has 6 unspecified atom stereocenters. The van der Waals surface area contributed by atoms with Crippen molar-refractivity contribution in [1.82, 2.24) is 9.97 Å². The molecule has 8 rings (SSSR count). The van der Waals surface area contributed by atoms with Gasteiger partial charge in [0.25, 0.3) is 0 Å². The van der Waals surface area contributed by atoms with E-state index in [1.54, 1.807) is 33.3 Å². The number of nitrogens with zero attached hydrogens (tertiary/aromatic N) is 2. The van der Waals surface area contributed by atoms with E-state index in [1.165, 1.54) is 61.3 Å². The zero-order valence-electron chi connectivity index (χ0n) is 83.1. The Bertz CT molecular complexity index is 4350. The molecule has 0 radical (unpaired) electrons. The van der Waals surface area contributed by atoms with Gasteiger partial charge in [0.05, 0.1) is 11.5 Å². The first-order valence-electron chi connectivity index (χ1n) is 48.1. The molecule has 0 spiro atoms. The molecule has 0 fully saturated rings. The number of carboxylic acid groups (broad SMARTS) is 6. The van der Waals surface area contributed by atoms with E-state index in [4.69, 9.17) is 47.8 Å². The summed E-state index contributed by atoms with van der Waals surface area (Å²) >= 11 is 16.5. The molecule has 0 saturated carbocycles. The van der Waals surface area contributed by atoms with Crippen molar-refractivity contribution >= 4 is 224 Å². The number of benzene rings is 6. The van der Waals surface area contributed by atoms with Crippen molar-refractivity contribution < 1.29 is 105 Å². The number of thioether (sulfide) groups is 9. The minimum absolute atomic E-state index is 0. The van der Waals surface area contributed by atoms with Crippen LogP contribution in [0, 0.1) is 0 Å². The third kappa shape index (κ3) is 84.0. The smallest absolute Gasteiger partial charge is 1.00 e. The van der Waals surface area contributed by atoms with Crippen molar-refractivity contribution in [2.45, 2.75) is 279 Å². The molecule has 6 atom stereocenters. The Balaban J connectivity index is 0.000000858. The van der Waals surface area contributed by atoms with Gasteiger partial charge in [-0.1, -0.05) is 246 Å². The summed E-state index contributed by atoms with van der Waals surface area (Å²) in [5.41, 5.74) is 19.4. The molecule has 20 nitrogen and oxygen atoms in total. The van der Waals surface area contributed by atoms with Crippen LogP contribution in [0.15, 0.2) is 256 Å². The molecule has 12 N–H and O–H groups in total. The Morgan fingerprint density at radius 1 is 0.289 bits per heavy atom. The summed E-state index contributed by atoms with van der Waals surface area (Å²) in [5.74, 6) is 6.63. The minimum atomic E-state index is -0.789. The molecule has 6 aromatic carbocycles. The van der Waals surface area contributed by atoms with Crippen molar-refractivity contribution in [1.29, 1.82) is 0 Å². The van der Waals surface area contributed by atoms with Crippen molar-refractivity contribution in [2.75, 3.05) is 57.5 Å². The number of hydrogen-bond donors (Lipinski definition) is 9. The van der Waals surface area contributed by atoms with Crippen molar-refractivity contribution in [2.24, 2.45) is 17.2 Å². The van der Waals surface area contributed by atoms with E-state index in [-0.39, 0.29) is 91.8 Å². The predicted molar refractivity (Wildman–Crippen MR) is 618 cm³/mol. The maximum Gasteiger partial charge on any atom is 1.00 e. The Morgan fingerprint density at radius 2 is 0.620 bits per heavy atom. The number of aliphatic carboxylic acids is 6. The number of rotatable bonds is 76. The first kappa shape index (κ1) is 133. The number of primary amides is 3. The topological polar surface area (TPSA) is 379 Å². The minimum Gasteiger partial charge on any atom is -1.00 e. The van der Waals surface area contributed by atoms with Gasteiger partial charge < -0.3 is 49.3 Å². The first-order chi connectivity index (χ1) is 68.4. The van der Waals surface area contributed by atoms with Crippen LogP contribution in [-0.4, -0.2) is 183 Å². The van der Waals surface area contributed by atoms with E-state index in [9.17, 15) is 43.2 Å². The SMILES string of the molecule is CCSC(CCCCC(=O)O)CCSc1ccccc1.NC(=O)CCSC(CCCCC(=O)O)CCSCc1ccccc1.NC(=O)CSCCC(CCCCC(=O)O)SCC(N)=O.O=C(O)CCCCC(CCSCc1ccccc1)Sc1ccccc1.O=C(O)CCCCC(CCSSc1ccccc1)SCc1ccccc1.O=C(O)CCCCC(CCSSc1ccccn1)SSc1ccccn1.[H-].[Na+]. The van der Waals surface area contributed by atoms with Crippen LogP contribution in [0.4, 0.5) is 0 Å². The number of carbonyl (C=O) groups is 9. The Kier molecular flexibility index (Phi) is 87.6. The monoisotopic (exact) mass is 2230 g/mol. The second-order valence-corrected chi connectivity index (χ2v) is 51.1. The fourth-order valence-corrected chi connectivity index (χ4v) is 30.3. The van der Waals surface area contributed by atoms with Crippen molar-refractivity contribution in [3.63, 3.8) is 0 Å². The van der Waals surface area contributed by atoms with Gasteiger partial charge in [0.15, 0.2) is 0 Å². The average molecular weight is 2240 g/mol. The predicted octanol–water partition coefficient (Wildman–Crippen LogP) is 25.8. The summed E-state index contributed by atoms with van der Waals surface area (Å²) in [6.07, 6.45) is 28.5. The number of carbonyl (C=O) groups excluding carboxylic acids is 3. The molecule has 2 aromatic heterocycles. The fourth-order valence-electron chi connectivity index (χ4n) is 13.0. The van der Waals surface area contributed by atoms with Gasteiger partial charge in [0.1, 0.15) is 10.1 Å². The maximum atomic E-state index is 10.9. The van der Waals surface area contributed by atoms with E-state index in [2.05, 4.69) is 175 Å². The van der Waals surface area contributed by atoms with Crippen LogP contribution in [0.2, 0.25) is 0 Å². The van der Waals surface area contributed by atoms with E-state index in [0.29, 0.717) is 51.3 Å². The number of pyridine rings is 2. The molecule has 0 bridgehead atoms. The molecular weight excluding hydrogens is 2090 g/mol. The van der Waals surface area contributed by atoms with Gasteiger partial charge in [0.2, 0.25) is 17.7 Å². The zero-order chi connectivity index (χ0) is 102. The summed E-state index contributed by atoms with van der Waals surface area (Å²) in [6.45, 7) is 2.19. The van der Waals surface area contributed by atoms with Crippen molar-refractivity contribution in [3.8, 4) is 0 Å². The molecule has 778 valence electrons. The first-order valence-corrected chi connectivity index (χ1v) is 64.5. The molecule has 2 heterocycles. The van der Waals surface area contributed by atoms with Crippen molar-refractivity contribution in [3.05, 3.63) is 247 Å². The maximum absolute atomic E-state index is 10.9. The van der Waals surface area contributed by atoms with E-state index in [0.717, 1.165) is 215 Å². The average Bonchev–Trinajstić information content (AvgIpc) is 0.888. The van der Waals surface area contributed by atoms with Crippen LogP contribution in [0.3, 0.4) is 0 Å². The van der Waals surface area contributed by atoms with Crippen LogP contribution in [0.5, 0.6) is 0 Å². The van der Waals surface area contributed by atoms with Crippen LogP contribution >= 0.6 is 171 Å². The third-order valence-electron chi connectivity index (χ3n) is 20.2. The van der Waals surface area contributed by atoms with Gasteiger partial charge in [-0.3, -0.25) is 43.2 Å². The van der Waals surface area contributed by atoms with E-state index >= 15 is 0 Å². The van der Waals surface area contributed by atoms with Gasteiger partial charge in [-0.2, -0.15) is 70.6 Å². The summed E-state index contributed by atoms with van der Waals surface area (Å²) in [5, 5.41) is 57.4. The second-order valence-electron chi connectivity index (χ2n) is 32.2. The van der Waals surface area contributed by atoms with Crippen LogP contribution in [0.1, 0.15) is 224 Å². The Morgan fingerprint density at radius 3 is 1.03 bits per heavy atom. The molecule has 0 saturated heterocycles. The van der Waals surface area contributed by atoms with Crippen LogP contribution < -0.4 is 46.8 Å².